The van der Waals surface area contributed by atoms with Crippen molar-refractivity contribution >= 4 is 0 Å². The second-order valence-corrected chi connectivity index (χ2v) is 14.5. The predicted octanol–water partition coefficient (Wildman–Crippen LogP) is 15.5. The molecule has 0 heterocycles. The van der Waals surface area contributed by atoms with Crippen molar-refractivity contribution in [1.82, 2.24) is 0 Å². The fourth-order valence-corrected chi connectivity index (χ4v) is 7.40. The average molecular weight is 691 g/mol. The Hall–Kier alpha value is -0.781. The maximum Gasteiger partial charge on any atom is 2.00 e. The van der Waals surface area contributed by atoms with Crippen LogP contribution in [0.25, 0.3) is 0 Å². The van der Waals surface area contributed by atoms with E-state index in [1.165, 1.54) is 198 Å². The molecule has 0 aliphatic carbocycles. The van der Waals surface area contributed by atoms with Gasteiger partial charge in [0.2, 0.25) is 0 Å². The van der Waals surface area contributed by atoms with E-state index in [0.717, 1.165) is 0 Å². The summed E-state index contributed by atoms with van der Waals surface area (Å²) in [6, 6.07) is 8.67. The fourth-order valence-electron chi connectivity index (χ4n) is 7.40. The molecular formula is C46H82Fe. The third-order valence-electron chi connectivity index (χ3n) is 10.3. The minimum Gasteiger partial charge on any atom is -0.213 e. The van der Waals surface area contributed by atoms with Crippen LogP contribution in [-0.4, -0.2) is 0 Å². The Morgan fingerprint density at radius 1 is 0.426 bits per heavy atom. The van der Waals surface area contributed by atoms with E-state index in [2.05, 4.69) is 65.8 Å². The van der Waals surface area contributed by atoms with Gasteiger partial charge in [0.1, 0.15) is 0 Å². The summed E-state index contributed by atoms with van der Waals surface area (Å²) < 4.78 is 0. The fraction of sp³-hybridized carbons (Fsp3) is 0.783. The van der Waals surface area contributed by atoms with Crippen LogP contribution in [0.15, 0.2) is 24.3 Å². The summed E-state index contributed by atoms with van der Waals surface area (Å²) in [5, 5.41) is 0. The molecule has 2 rings (SSSR count). The molecule has 2 aromatic carbocycles. The molecule has 2 aromatic rings. The van der Waals surface area contributed by atoms with Crippen LogP contribution in [0, 0.1) is 0 Å². The van der Waals surface area contributed by atoms with Crippen molar-refractivity contribution < 1.29 is 17.1 Å². The van der Waals surface area contributed by atoms with Crippen molar-refractivity contribution in [2.24, 2.45) is 0 Å². The van der Waals surface area contributed by atoms with E-state index >= 15 is 0 Å². The first-order chi connectivity index (χ1) is 22.7. The van der Waals surface area contributed by atoms with E-state index < -0.39 is 0 Å². The average Bonchev–Trinajstić information content (AvgIpc) is 3.68. The van der Waals surface area contributed by atoms with Gasteiger partial charge in [-0.3, -0.25) is 0 Å². The van der Waals surface area contributed by atoms with Gasteiger partial charge in [-0.05, 0) is 0 Å². The first-order valence-electron chi connectivity index (χ1n) is 21.2. The third-order valence-corrected chi connectivity index (χ3v) is 10.3. The van der Waals surface area contributed by atoms with E-state index in [4.69, 9.17) is 0 Å². The van der Waals surface area contributed by atoms with E-state index in [1.54, 1.807) is 0 Å². The van der Waals surface area contributed by atoms with Gasteiger partial charge >= 0.3 is 17.1 Å². The normalized spacial score (nSPS) is 11.0. The van der Waals surface area contributed by atoms with Crippen molar-refractivity contribution in [2.45, 2.75) is 234 Å². The maximum absolute atomic E-state index is 2.35. The summed E-state index contributed by atoms with van der Waals surface area (Å²) in [6.45, 7) is 14.0. The summed E-state index contributed by atoms with van der Waals surface area (Å²) in [6.07, 6.45) is 41.5. The summed E-state index contributed by atoms with van der Waals surface area (Å²) in [7, 11) is 0. The Bertz CT molecular complexity index is 746. The van der Waals surface area contributed by atoms with Crippen molar-refractivity contribution in [3.8, 4) is 0 Å². The quantitative estimate of drug-likeness (QED) is 0.0435. The molecule has 1 heteroatoms. The molecule has 0 amide bonds. The Kier molecular flexibility index (Phi) is 33.1. The van der Waals surface area contributed by atoms with Gasteiger partial charge in [-0.15, -0.1) is 0 Å². The molecule has 0 saturated carbocycles. The summed E-state index contributed by atoms with van der Waals surface area (Å²) >= 11 is 0. The molecule has 0 fully saturated rings. The summed E-state index contributed by atoms with van der Waals surface area (Å²) in [4.78, 5) is 0. The molecule has 0 bridgehead atoms. The minimum atomic E-state index is 0. The third kappa shape index (κ3) is 21.8. The molecule has 0 unspecified atom stereocenters. The van der Waals surface area contributed by atoms with Gasteiger partial charge in [0.25, 0.3) is 0 Å². The van der Waals surface area contributed by atoms with Crippen LogP contribution in [-0.2, 0) is 55.6 Å². The van der Waals surface area contributed by atoms with Crippen molar-refractivity contribution in [1.29, 1.82) is 0 Å². The monoisotopic (exact) mass is 691 g/mol. The molecule has 0 aliphatic heterocycles. The molecule has 47 heavy (non-hydrogen) atoms. The molecular weight excluding hydrogens is 608 g/mol. The van der Waals surface area contributed by atoms with Gasteiger partial charge in [-0.2, -0.15) is 45.5 Å². The van der Waals surface area contributed by atoms with Crippen molar-refractivity contribution in [3.05, 3.63) is 57.6 Å². The standard InChI is InChI=1S/C35H65.C11H17.Fe/c1-6-11-16-21-26-31-32(27-22-17-12-7-2)34(29-24-19-14-9-4)35(30-25-20-15-10-5)33(31)28-23-18-13-8-3;1-2-3-4-5-8-11-9-6-7-10-11;/h6-30H2,1-5H3;6-7,9-10H,2-5,8H2,1H3;/q2*-1;+2. The molecule has 0 aliphatic rings. The predicted molar refractivity (Wildman–Crippen MR) is 211 cm³/mol. The molecule has 0 N–H and O–H groups in total. The number of rotatable bonds is 30. The Morgan fingerprint density at radius 2 is 0.787 bits per heavy atom. The van der Waals surface area contributed by atoms with E-state index in [1.807, 2.05) is 27.8 Å². The molecule has 0 radical (unpaired) electrons. The van der Waals surface area contributed by atoms with Crippen LogP contribution in [0.2, 0.25) is 0 Å². The van der Waals surface area contributed by atoms with E-state index in [9.17, 15) is 0 Å². The first-order valence-corrected chi connectivity index (χ1v) is 21.2. The van der Waals surface area contributed by atoms with Gasteiger partial charge in [0, 0.05) is 0 Å². The van der Waals surface area contributed by atoms with Gasteiger partial charge in [0.05, 0.1) is 0 Å². The first kappa shape index (κ1) is 46.2. The van der Waals surface area contributed by atoms with Crippen LogP contribution >= 0.6 is 0 Å². The van der Waals surface area contributed by atoms with Gasteiger partial charge < -0.3 is 0 Å². The SMILES string of the molecule is CCCCCCc1c(CCCCCC)c(CCCCCC)[c-](CCCCCC)c1CCCCCC.CCCCCCc1ccc[cH-]1.[Fe+2]. The summed E-state index contributed by atoms with van der Waals surface area (Å²) in [5.41, 5.74) is 10.8. The smallest absolute Gasteiger partial charge is 0.213 e. The second kappa shape index (κ2) is 33.7. The van der Waals surface area contributed by atoms with Crippen LogP contribution in [0.1, 0.15) is 229 Å². The van der Waals surface area contributed by atoms with Crippen LogP contribution in [0.5, 0.6) is 0 Å². The summed E-state index contributed by atoms with van der Waals surface area (Å²) in [5.74, 6) is 0. The van der Waals surface area contributed by atoms with Crippen LogP contribution in [0.4, 0.5) is 0 Å². The van der Waals surface area contributed by atoms with Crippen molar-refractivity contribution in [3.63, 3.8) is 0 Å². The van der Waals surface area contributed by atoms with E-state index in [0.29, 0.717) is 0 Å². The molecule has 0 nitrogen and oxygen atoms in total. The second-order valence-electron chi connectivity index (χ2n) is 14.5. The largest absolute Gasteiger partial charge is 2.00 e. The number of hydrogen-bond donors (Lipinski definition) is 0. The molecule has 0 atom stereocenters. The Labute approximate surface area is 307 Å². The Balaban J connectivity index is 0.00000148. The zero-order valence-corrected chi connectivity index (χ0v) is 34.0. The van der Waals surface area contributed by atoms with E-state index in [-0.39, 0.29) is 17.1 Å². The van der Waals surface area contributed by atoms with Crippen LogP contribution < -0.4 is 0 Å². The number of hydrogen-bond acceptors (Lipinski definition) is 0. The molecule has 0 aromatic heterocycles. The molecule has 0 spiro atoms. The Morgan fingerprint density at radius 3 is 1.15 bits per heavy atom. The minimum absolute atomic E-state index is 0. The zero-order valence-electron chi connectivity index (χ0n) is 32.9. The maximum atomic E-state index is 2.35. The molecule has 0 saturated heterocycles. The zero-order chi connectivity index (χ0) is 33.5. The van der Waals surface area contributed by atoms with Gasteiger partial charge in [-0.25, -0.2) is 12.1 Å². The van der Waals surface area contributed by atoms with Crippen LogP contribution in [0.3, 0.4) is 0 Å². The van der Waals surface area contributed by atoms with Gasteiger partial charge in [-0.1, -0.05) is 234 Å². The number of aryl methyl sites for hydroxylation is 1. The van der Waals surface area contributed by atoms with Crippen molar-refractivity contribution in [2.75, 3.05) is 0 Å². The number of unbranched alkanes of at least 4 members (excludes halogenated alkanes) is 18. The van der Waals surface area contributed by atoms with Gasteiger partial charge in [0.15, 0.2) is 0 Å². The topological polar surface area (TPSA) is 0 Å². The molecule has 274 valence electrons.